The number of fused-ring (bicyclic) bond motifs is 1. The first-order chi connectivity index (χ1) is 10.2. The summed E-state index contributed by atoms with van der Waals surface area (Å²) < 4.78 is 0.845. The van der Waals surface area contributed by atoms with Crippen LogP contribution in [0.5, 0.6) is 0 Å². The monoisotopic (exact) mass is 361 g/mol. The number of halogens is 1. The first kappa shape index (κ1) is 14.7. The largest absolute Gasteiger partial charge is 0.307 e. The molecule has 0 spiro atoms. The highest BCUT2D eigenvalue weighted by Gasteiger charge is 2.25. The summed E-state index contributed by atoms with van der Waals surface area (Å²) in [5, 5.41) is 0.517. The maximum Gasteiger partial charge on any atom is 0.259 e. The third kappa shape index (κ3) is 3.01. The topological polar surface area (TPSA) is 20.3 Å². The van der Waals surface area contributed by atoms with E-state index in [4.69, 9.17) is 0 Å². The molecule has 21 heavy (non-hydrogen) atoms. The van der Waals surface area contributed by atoms with Crippen molar-refractivity contribution >= 4 is 39.3 Å². The van der Waals surface area contributed by atoms with Crippen LogP contribution in [-0.2, 0) is 0 Å². The van der Waals surface area contributed by atoms with E-state index in [9.17, 15) is 4.79 Å². The van der Waals surface area contributed by atoms with Crippen molar-refractivity contribution in [2.45, 2.75) is 23.5 Å². The molecule has 1 heterocycles. The van der Waals surface area contributed by atoms with Gasteiger partial charge in [-0.15, -0.1) is 11.8 Å². The van der Waals surface area contributed by atoms with Crippen molar-refractivity contribution < 1.29 is 4.79 Å². The van der Waals surface area contributed by atoms with Crippen molar-refractivity contribution in [3.8, 4) is 0 Å². The lowest BCUT2D eigenvalue weighted by Gasteiger charge is -2.23. The summed E-state index contributed by atoms with van der Waals surface area (Å²) >= 11 is 5.33. The number of rotatable bonds is 1. The van der Waals surface area contributed by atoms with Gasteiger partial charge in [-0.2, -0.15) is 0 Å². The van der Waals surface area contributed by atoms with Crippen LogP contribution in [0.2, 0.25) is 0 Å². The molecule has 0 saturated heterocycles. The van der Waals surface area contributed by atoms with E-state index in [1.165, 1.54) is 4.90 Å². The zero-order valence-corrected chi connectivity index (χ0v) is 14.2. The van der Waals surface area contributed by atoms with Gasteiger partial charge in [0.05, 0.1) is 11.3 Å². The highest BCUT2D eigenvalue weighted by Crippen LogP contribution is 2.38. The molecule has 1 aliphatic heterocycles. The van der Waals surface area contributed by atoms with Crippen molar-refractivity contribution in [1.29, 1.82) is 0 Å². The van der Waals surface area contributed by atoms with Crippen LogP contribution < -0.4 is 4.90 Å². The Kier molecular flexibility index (Phi) is 4.36. The van der Waals surface area contributed by atoms with Crippen LogP contribution in [0.25, 0.3) is 0 Å². The van der Waals surface area contributed by atoms with Gasteiger partial charge in [-0.05, 0) is 46.6 Å². The Morgan fingerprint density at radius 1 is 1.19 bits per heavy atom. The fraction of sp³-hybridized carbons (Fsp3) is 0.235. The Morgan fingerprint density at radius 2 is 1.90 bits per heavy atom. The first-order valence-electron chi connectivity index (χ1n) is 6.99. The predicted molar refractivity (Wildman–Crippen MR) is 92.2 cm³/mol. The number of amides is 1. The number of hydrogen-bond donors (Lipinski definition) is 0. The van der Waals surface area contributed by atoms with Crippen molar-refractivity contribution in [2.75, 3.05) is 11.4 Å². The summed E-state index contributed by atoms with van der Waals surface area (Å²) in [6.45, 7) is 2.97. The number of benzene rings is 2. The minimum Gasteiger partial charge on any atom is -0.307 e. The molecule has 1 atom stereocenters. The molecule has 1 amide bonds. The van der Waals surface area contributed by atoms with Crippen molar-refractivity contribution in [3.63, 3.8) is 0 Å². The van der Waals surface area contributed by atoms with Crippen molar-refractivity contribution in [2.24, 2.45) is 0 Å². The van der Waals surface area contributed by atoms with Crippen LogP contribution in [0.15, 0.2) is 57.9 Å². The number of carbonyl (C=O) groups excluding carboxylic acids is 1. The van der Waals surface area contributed by atoms with Gasteiger partial charge >= 0.3 is 0 Å². The Bertz CT molecular complexity index is 673. The fourth-order valence-corrected chi connectivity index (χ4v) is 4.05. The molecule has 1 unspecified atom stereocenters. The highest BCUT2D eigenvalue weighted by molar-refractivity contribution is 9.10. The Hall–Kier alpha value is -1.26. The van der Waals surface area contributed by atoms with Crippen LogP contribution in [0.4, 0.5) is 5.69 Å². The normalized spacial score (nSPS) is 18.0. The van der Waals surface area contributed by atoms with Crippen LogP contribution in [0.3, 0.4) is 0 Å². The van der Waals surface area contributed by atoms with E-state index in [1.807, 2.05) is 59.1 Å². The van der Waals surface area contributed by atoms with E-state index in [-0.39, 0.29) is 5.91 Å². The number of thioether (sulfide) groups is 1. The summed E-state index contributed by atoms with van der Waals surface area (Å²) in [6, 6.07) is 15.8. The van der Waals surface area contributed by atoms with Crippen LogP contribution in [0, 0.1) is 0 Å². The minimum absolute atomic E-state index is 0.0598. The molecule has 108 valence electrons. The van der Waals surface area contributed by atoms with Crippen molar-refractivity contribution in [3.05, 3.63) is 58.6 Å². The third-order valence-corrected chi connectivity index (χ3v) is 5.52. The Labute approximate surface area is 137 Å². The van der Waals surface area contributed by atoms with Gasteiger partial charge in [0.2, 0.25) is 0 Å². The second-order valence-electron chi connectivity index (χ2n) is 5.12. The van der Waals surface area contributed by atoms with Gasteiger partial charge in [0.1, 0.15) is 0 Å². The number of anilines is 1. The molecule has 0 fully saturated rings. The molecular formula is C17H16BrNOS. The van der Waals surface area contributed by atoms with Crippen LogP contribution in [-0.4, -0.2) is 17.7 Å². The summed E-state index contributed by atoms with van der Waals surface area (Å²) in [7, 11) is 0. The fourth-order valence-electron chi connectivity index (χ4n) is 2.48. The molecule has 0 aliphatic carbocycles. The molecule has 4 heteroatoms. The summed E-state index contributed by atoms with van der Waals surface area (Å²) in [6.07, 6.45) is 0.996. The van der Waals surface area contributed by atoms with E-state index in [1.54, 1.807) is 0 Å². The van der Waals surface area contributed by atoms with Crippen LogP contribution >= 0.6 is 27.7 Å². The SMILES string of the molecule is CC1CCN(C(=O)c2ccccc2Br)c2ccccc2S1. The maximum absolute atomic E-state index is 12.9. The molecule has 2 aromatic rings. The number of para-hydroxylation sites is 1. The number of carbonyl (C=O) groups is 1. The molecule has 0 aromatic heterocycles. The highest BCUT2D eigenvalue weighted by atomic mass is 79.9. The van der Waals surface area contributed by atoms with Gasteiger partial charge in [0.15, 0.2) is 0 Å². The van der Waals surface area contributed by atoms with Gasteiger partial charge in [0.25, 0.3) is 5.91 Å². The zero-order chi connectivity index (χ0) is 14.8. The van der Waals surface area contributed by atoms with Crippen molar-refractivity contribution in [1.82, 2.24) is 0 Å². The zero-order valence-electron chi connectivity index (χ0n) is 11.8. The van der Waals surface area contributed by atoms with E-state index in [0.29, 0.717) is 10.8 Å². The minimum atomic E-state index is 0.0598. The Balaban J connectivity index is 2.02. The molecule has 1 aliphatic rings. The third-order valence-electron chi connectivity index (χ3n) is 3.59. The van der Waals surface area contributed by atoms with Gasteiger partial charge in [0, 0.05) is 21.2 Å². The van der Waals surface area contributed by atoms with Gasteiger partial charge in [-0.3, -0.25) is 4.79 Å². The molecule has 2 aromatic carbocycles. The van der Waals surface area contributed by atoms with E-state index >= 15 is 0 Å². The molecule has 2 nitrogen and oxygen atoms in total. The predicted octanol–water partition coefficient (Wildman–Crippen LogP) is 4.98. The molecule has 0 saturated carbocycles. The first-order valence-corrected chi connectivity index (χ1v) is 8.66. The molecule has 0 radical (unpaired) electrons. The molecule has 0 bridgehead atoms. The summed E-state index contributed by atoms with van der Waals surface area (Å²) in [5.74, 6) is 0.0598. The second-order valence-corrected chi connectivity index (χ2v) is 7.46. The lowest BCUT2D eigenvalue weighted by molar-refractivity contribution is 0.0985. The van der Waals surface area contributed by atoms with E-state index < -0.39 is 0 Å². The average molecular weight is 362 g/mol. The maximum atomic E-state index is 12.9. The second kappa shape index (κ2) is 6.24. The lowest BCUT2D eigenvalue weighted by atomic mass is 10.1. The Morgan fingerprint density at radius 3 is 2.71 bits per heavy atom. The molecule has 3 rings (SSSR count). The summed E-state index contributed by atoms with van der Waals surface area (Å²) in [4.78, 5) is 16.0. The lowest BCUT2D eigenvalue weighted by Crippen LogP contribution is -2.32. The van der Waals surface area contributed by atoms with E-state index in [0.717, 1.165) is 23.1 Å². The van der Waals surface area contributed by atoms with E-state index in [2.05, 4.69) is 28.9 Å². The summed E-state index contributed by atoms with van der Waals surface area (Å²) in [5.41, 5.74) is 1.74. The van der Waals surface area contributed by atoms with Gasteiger partial charge in [-0.1, -0.05) is 31.2 Å². The standard InChI is InChI=1S/C17H16BrNOS/c1-12-10-11-19(15-8-4-5-9-16(15)21-12)17(20)13-6-2-3-7-14(13)18/h2-9,12H,10-11H2,1H3. The smallest absolute Gasteiger partial charge is 0.259 e. The number of nitrogens with zero attached hydrogens (tertiary/aromatic N) is 1. The average Bonchev–Trinajstić information content (AvgIpc) is 2.65. The quantitative estimate of drug-likeness (QED) is 0.713. The van der Waals surface area contributed by atoms with Gasteiger partial charge in [-0.25, -0.2) is 0 Å². The van der Waals surface area contributed by atoms with Crippen LogP contribution in [0.1, 0.15) is 23.7 Å². The number of hydrogen-bond acceptors (Lipinski definition) is 2. The van der Waals surface area contributed by atoms with Gasteiger partial charge < -0.3 is 4.90 Å². The molecule has 0 N–H and O–H groups in total. The molecular weight excluding hydrogens is 346 g/mol.